The first-order valence-electron chi connectivity index (χ1n) is 7.84. The van der Waals surface area contributed by atoms with Gasteiger partial charge in [-0.3, -0.25) is 0 Å². The zero-order valence-electron chi connectivity index (χ0n) is 12.6. The number of anilines is 1. The molecule has 0 amide bonds. The summed E-state index contributed by atoms with van der Waals surface area (Å²) in [6.07, 6.45) is 0.179. The van der Waals surface area contributed by atoms with Gasteiger partial charge in [0.1, 0.15) is 5.82 Å². The summed E-state index contributed by atoms with van der Waals surface area (Å²) in [4.78, 5) is 0. The average Bonchev–Trinajstić information content (AvgIpc) is 3.03. The van der Waals surface area contributed by atoms with Gasteiger partial charge in [0.05, 0.1) is 17.3 Å². The summed E-state index contributed by atoms with van der Waals surface area (Å²) in [6.45, 7) is 0. The Labute approximate surface area is 137 Å². The van der Waals surface area contributed by atoms with Gasteiger partial charge < -0.3 is 5.32 Å². The average molecular weight is 333 g/mol. The molecule has 1 N–H and O–H groups in total. The third-order valence-electron chi connectivity index (χ3n) is 4.94. The number of hydrogen-bond donors (Lipinski definition) is 1. The van der Waals surface area contributed by atoms with Crippen molar-refractivity contribution >= 4 is 5.69 Å². The minimum Gasteiger partial charge on any atom is -0.377 e. The number of alkyl halides is 3. The fourth-order valence-corrected chi connectivity index (χ4v) is 3.89. The van der Waals surface area contributed by atoms with Gasteiger partial charge in [0, 0.05) is 11.5 Å². The second kappa shape index (κ2) is 5.36. The summed E-state index contributed by atoms with van der Waals surface area (Å²) in [5.74, 6) is -0.514. The van der Waals surface area contributed by atoms with Gasteiger partial charge in [-0.2, -0.15) is 13.2 Å². The normalized spacial score (nSPS) is 25.1. The topological polar surface area (TPSA) is 12.0 Å². The number of benzene rings is 2. The van der Waals surface area contributed by atoms with Crippen molar-refractivity contribution in [1.29, 1.82) is 0 Å². The van der Waals surface area contributed by atoms with Crippen LogP contribution in [0.5, 0.6) is 0 Å². The highest BCUT2D eigenvalue weighted by Crippen LogP contribution is 2.52. The summed E-state index contributed by atoms with van der Waals surface area (Å²) in [6, 6.07) is 10.0. The third kappa shape index (κ3) is 2.30. The molecule has 0 fully saturated rings. The van der Waals surface area contributed by atoms with E-state index in [9.17, 15) is 17.6 Å². The van der Waals surface area contributed by atoms with Crippen molar-refractivity contribution in [2.75, 3.05) is 5.32 Å². The highest BCUT2D eigenvalue weighted by Gasteiger charge is 2.43. The molecule has 2 aromatic rings. The van der Waals surface area contributed by atoms with Crippen molar-refractivity contribution in [3.05, 3.63) is 77.1 Å². The van der Waals surface area contributed by atoms with Crippen molar-refractivity contribution in [3.63, 3.8) is 0 Å². The van der Waals surface area contributed by atoms with Crippen LogP contribution in [0.1, 0.15) is 35.1 Å². The van der Waals surface area contributed by atoms with Gasteiger partial charge in [-0.15, -0.1) is 0 Å². The summed E-state index contributed by atoms with van der Waals surface area (Å²) >= 11 is 0. The first-order valence-corrected chi connectivity index (χ1v) is 7.84. The molecule has 2 aliphatic rings. The maximum Gasteiger partial charge on any atom is 0.418 e. The molecule has 0 saturated heterocycles. The molecule has 0 unspecified atom stereocenters. The molecule has 1 aliphatic heterocycles. The lowest BCUT2D eigenvalue weighted by Gasteiger charge is -2.38. The third-order valence-corrected chi connectivity index (χ3v) is 4.94. The van der Waals surface area contributed by atoms with Crippen LogP contribution >= 0.6 is 0 Å². The maximum absolute atomic E-state index is 14.3. The van der Waals surface area contributed by atoms with E-state index in [1.54, 1.807) is 24.3 Å². The van der Waals surface area contributed by atoms with Crippen LogP contribution in [0.15, 0.2) is 54.6 Å². The Kier molecular flexibility index (Phi) is 3.41. The first kappa shape index (κ1) is 15.2. The van der Waals surface area contributed by atoms with Crippen molar-refractivity contribution < 1.29 is 17.6 Å². The van der Waals surface area contributed by atoms with E-state index >= 15 is 0 Å². The Morgan fingerprint density at radius 2 is 1.71 bits per heavy atom. The molecule has 124 valence electrons. The molecule has 4 rings (SSSR count). The van der Waals surface area contributed by atoms with Crippen LogP contribution < -0.4 is 5.32 Å². The van der Waals surface area contributed by atoms with Crippen LogP contribution in [-0.2, 0) is 6.18 Å². The highest BCUT2D eigenvalue weighted by atomic mass is 19.4. The van der Waals surface area contributed by atoms with Gasteiger partial charge >= 0.3 is 6.18 Å². The lowest BCUT2D eigenvalue weighted by molar-refractivity contribution is -0.137. The predicted molar refractivity (Wildman–Crippen MR) is 84.2 cm³/mol. The summed E-state index contributed by atoms with van der Waals surface area (Å²) in [5.41, 5.74) is 0.432. The van der Waals surface area contributed by atoms with Crippen molar-refractivity contribution in [3.8, 4) is 0 Å². The van der Waals surface area contributed by atoms with Crippen LogP contribution in [0.3, 0.4) is 0 Å². The number of nitrogens with one attached hydrogen (secondary N) is 1. The number of allylic oxidation sites excluding steroid dienone is 2. The number of para-hydroxylation sites is 1. The molecule has 5 heteroatoms. The summed E-state index contributed by atoms with van der Waals surface area (Å²) in [7, 11) is 0. The molecule has 0 aromatic heterocycles. The number of fused-ring (bicyclic) bond motifs is 3. The van der Waals surface area contributed by atoms with Crippen molar-refractivity contribution in [2.45, 2.75) is 24.6 Å². The standard InChI is InChI=1S/C19H15F4N/c20-16-10-2-1-5-14(16)17-12-7-3-6-11(12)13-8-4-9-15(18(13)24-17)19(21,22)23/h1-6,8-12,17,24H,7H2/t11-,12-,17-/m1/s1. The fraction of sp³-hybridized carbons (Fsp3) is 0.263. The SMILES string of the molecule is Fc1ccccc1[C@@H]1Nc2c(cccc2C(F)(F)F)[C@@H]2C=CC[C@H]21. The Bertz CT molecular complexity index is 809. The zero-order valence-corrected chi connectivity index (χ0v) is 12.6. The summed E-state index contributed by atoms with van der Waals surface area (Å²) in [5, 5.41) is 3.00. The van der Waals surface area contributed by atoms with E-state index in [2.05, 4.69) is 5.32 Å². The van der Waals surface area contributed by atoms with E-state index in [1.165, 1.54) is 12.1 Å². The molecule has 1 heterocycles. The van der Waals surface area contributed by atoms with Crippen molar-refractivity contribution in [1.82, 2.24) is 0 Å². The van der Waals surface area contributed by atoms with Crippen LogP contribution in [0.2, 0.25) is 0 Å². The largest absolute Gasteiger partial charge is 0.418 e. The Morgan fingerprint density at radius 3 is 2.46 bits per heavy atom. The predicted octanol–water partition coefficient (Wildman–Crippen LogP) is 5.67. The van der Waals surface area contributed by atoms with Gasteiger partial charge in [0.15, 0.2) is 0 Å². The number of halogens is 4. The van der Waals surface area contributed by atoms with E-state index in [0.717, 1.165) is 6.07 Å². The molecule has 0 saturated carbocycles. The minimum absolute atomic E-state index is 0.0119. The lowest BCUT2D eigenvalue weighted by atomic mass is 9.76. The number of hydrogen-bond acceptors (Lipinski definition) is 1. The Balaban J connectivity index is 1.87. The molecule has 0 spiro atoms. The van der Waals surface area contributed by atoms with E-state index in [0.29, 0.717) is 17.5 Å². The fourth-order valence-electron chi connectivity index (χ4n) is 3.89. The quantitative estimate of drug-likeness (QED) is 0.524. The monoisotopic (exact) mass is 333 g/mol. The Hall–Kier alpha value is -2.30. The van der Waals surface area contributed by atoms with Crippen LogP contribution in [0.4, 0.5) is 23.2 Å². The molecular formula is C19H15F4N. The maximum atomic E-state index is 14.3. The van der Waals surface area contributed by atoms with E-state index < -0.39 is 23.6 Å². The van der Waals surface area contributed by atoms with Gasteiger partial charge in [-0.25, -0.2) is 4.39 Å². The smallest absolute Gasteiger partial charge is 0.377 e. The first-order chi connectivity index (χ1) is 11.5. The molecule has 0 bridgehead atoms. The van der Waals surface area contributed by atoms with E-state index in [4.69, 9.17) is 0 Å². The van der Waals surface area contributed by atoms with E-state index in [-0.39, 0.29) is 17.5 Å². The van der Waals surface area contributed by atoms with Crippen LogP contribution in [0.25, 0.3) is 0 Å². The second-order valence-electron chi connectivity index (χ2n) is 6.26. The van der Waals surface area contributed by atoms with Crippen molar-refractivity contribution in [2.24, 2.45) is 5.92 Å². The molecule has 1 aliphatic carbocycles. The molecule has 1 nitrogen and oxygen atoms in total. The lowest BCUT2D eigenvalue weighted by Crippen LogP contribution is -2.31. The van der Waals surface area contributed by atoms with Gasteiger partial charge in [0.25, 0.3) is 0 Å². The van der Waals surface area contributed by atoms with Gasteiger partial charge in [-0.05, 0) is 30.0 Å². The molecule has 0 radical (unpaired) electrons. The summed E-state index contributed by atoms with van der Waals surface area (Å²) < 4.78 is 54.4. The number of rotatable bonds is 1. The molecular weight excluding hydrogens is 318 g/mol. The molecule has 3 atom stereocenters. The minimum atomic E-state index is -4.45. The van der Waals surface area contributed by atoms with E-state index in [1.807, 2.05) is 12.2 Å². The highest BCUT2D eigenvalue weighted by molar-refractivity contribution is 5.65. The molecule has 24 heavy (non-hydrogen) atoms. The Morgan fingerprint density at radius 1 is 0.958 bits per heavy atom. The molecule has 2 aromatic carbocycles. The second-order valence-corrected chi connectivity index (χ2v) is 6.26. The van der Waals surface area contributed by atoms with Crippen LogP contribution in [-0.4, -0.2) is 0 Å². The van der Waals surface area contributed by atoms with Gasteiger partial charge in [-0.1, -0.05) is 42.5 Å². The van der Waals surface area contributed by atoms with Crippen LogP contribution in [0, 0.1) is 11.7 Å². The van der Waals surface area contributed by atoms with Gasteiger partial charge in [0.2, 0.25) is 0 Å². The zero-order chi connectivity index (χ0) is 16.9.